The fourth-order valence-electron chi connectivity index (χ4n) is 4.03. The summed E-state index contributed by atoms with van der Waals surface area (Å²) in [5, 5.41) is 3.30. The van der Waals surface area contributed by atoms with Gasteiger partial charge in [0.05, 0.1) is 0 Å². The largest absolute Gasteiger partial charge is 0.392 e. The standard InChI is InChI=1S/C25H25N7O/c26-21-22(19-10-5-2-6-11-19)30-25-31(16-7-17-32(25)23(21)33)20-13-15-28-24(29-20)27-14-12-18-8-3-1-4-9-18/h1-6,8-11,13,15H,7,12,14,16-17,26H2,(H,27,28,29). The van der Waals surface area contributed by atoms with Crippen molar-refractivity contribution in [2.24, 2.45) is 0 Å². The van der Waals surface area contributed by atoms with Crippen LogP contribution in [0.1, 0.15) is 12.0 Å². The van der Waals surface area contributed by atoms with E-state index >= 15 is 0 Å². The highest BCUT2D eigenvalue weighted by molar-refractivity contribution is 5.74. The van der Waals surface area contributed by atoms with Gasteiger partial charge < -0.3 is 11.1 Å². The molecule has 0 amide bonds. The summed E-state index contributed by atoms with van der Waals surface area (Å²) in [6, 6.07) is 21.7. The first kappa shape index (κ1) is 20.7. The molecule has 0 fully saturated rings. The molecule has 166 valence electrons. The average Bonchev–Trinajstić information content (AvgIpc) is 2.87. The van der Waals surface area contributed by atoms with Gasteiger partial charge in [-0.1, -0.05) is 60.7 Å². The van der Waals surface area contributed by atoms with Crippen LogP contribution in [0.4, 0.5) is 23.4 Å². The predicted molar refractivity (Wildman–Crippen MR) is 131 cm³/mol. The van der Waals surface area contributed by atoms with E-state index in [4.69, 9.17) is 15.7 Å². The number of fused-ring (bicyclic) bond motifs is 1. The first-order valence-corrected chi connectivity index (χ1v) is 11.0. The van der Waals surface area contributed by atoms with Crippen LogP contribution in [-0.2, 0) is 13.0 Å². The minimum Gasteiger partial charge on any atom is -0.392 e. The molecule has 0 saturated heterocycles. The van der Waals surface area contributed by atoms with E-state index in [1.165, 1.54) is 5.56 Å². The smallest absolute Gasteiger partial charge is 0.278 e. The van der Waals surface area contributed by atoms with Crippen molar-refractivity contribution in [2.75, 3.05) is 29.0 Å². The van der Waals surface area contributed by atoms with Crippen molar-refractivity contribution in [3.8, 4) is 11.3 Å². The molecule has 8 heteroatoms. The fourth-order valence-corrected chi connectivity index (χ4v) is 4.03. The molecule has 2 aromatic heterocycles. The van der Waals surface area contributed by atoms with E-state index in [-0.39, 0.29) is 11.2 Å². The van der Waals surface area contributed by atoms with Gasteiger partial charge in [0.2, 0.25) is 11.9 Å². The van der Waals surface area contributed by atoms with Gasteiger partial charge in [0.25, 0.3) is 5.56 Å². The molecule has 0 spiro atoms. The van der Waals surface area contributed by atoms with E-state index in [1.807, 2.05) is 59.5 Å². The van der Waals surface area contributed by atoms with Gasteiger partial charge in [0.15, 0.2) is 0 Å². The lowest BCUT2D eigenvalue weighted by Gasteiger charge is -2.30. The van der Waals surface area contributed by atoms with Crippen molar-refractivity contribution in [1.82, 2.24) is 19.5 Å². The Morgan fingerprint density at radius 1 is 0.939 bits per heavy atom. The number of hydrogen-bond acceptors (Lipinski definition) is 7. The molecule has 0 radical (unpaired) electrons. The maximum absolute atomic E-state index is 13.1. The fraction of sp³-hybridized carbons (Fsp3) is 0.200. The molecule has 5 rings (SSSR count). The molecular formula is C25H25N7O. The van der Waals surface area contributed by atoms with E-state index in [2.05, 4.69) is 22.4 Å². The predicted octanol–water partition coefficient (Wildman–Crippen LogP) is 3.48. The Labute approximate surface area is 191 Å². The van der Waals surface area contributed by atoms with Crippen LogP contribution in [0.15, 0.2) is 77.7 Å². The van der Waals surface area contributed by atoms with Crippen LogP contribution < -0.4 is 21.5 Å². The van der Waals surface area contributed by atoms with Crippen LogP contribution in [0, 0.1) is 0 Å². The minimum atomic E-state index is -0.223. The summed E-state index contributed by atoms with van der Waals surface area (Å²) in [4.78, 5) is 28.9. The summed E-state index contributed by atoms with van der Waals surface area (Å²) in [6.45, 7) is 1.99. The van der Waals surface area contributed by atoms with Crippen molar-refractivity contribution >= 4 is 23.4 Å². The Morgan fingerprint density at radius 3 is 2.48 bits per heavy atom. The van der Waals surface area contributed by atoms with Crippen LogP contribution in [-0.4, -0.2) is 32.6 Å². The molecule has 2 aromatic carbocycles. The molecular weight excluding hydrogens is 414 g/mol. The summed E-state index contributed by atoms with van der Waals surface area (Å²) in [7, 11) is 0. The van der Waals surface area contributed by atoms with Crippen molar-refractivity contribution in [3.05, 3.63) is 88.8 Å². The van der Waals surface area contributed by atoms with Gasteiger partial charge in [0, 0.05) is 31.4 Å². The van der Waals surface area contributed by atoms with Crippen molar-refractivity contribution < 1.29 is 0 Å². The Hall–Kier alpha value is -4.20. The van der Waals surface area contributed by atoms with Gasteiger partial charge in [-0.15, -0.1) is 0 Å². The van der Waals surface area contributed by atoms with Crippen LogP contribution in [0.2, 0.25) is 0 Å². The highest BCUT2D eigenvalue weighted by atomic mass is 16.1. The normalized spacial score (nSPS) is 12.9. The summed E-state index contributed by atoms with van der Waals surface area (Å²) >= 11 is 0. The van der Waals surface area contributed by atoms with Crippen molar-refractivity contribution in [2.45, 2.75) is 19.4 Å². The van der Waals surface area contributed by atoms with Gasteiger partial charge in [-0.2, -0.15) is 4.98 Å². The number of nitrogen functional groups attached to an aromatic ring is 1. The van der Waals surface area contributed by atoms with E-state index < -0.39 is 0 Å². The lowest BCUT2D eigenvalue weighted by atomic mass is 10.1. The lowest BCUT2D eigenvalue weighted by Crippen LogP contribution is -2.37. The maximum Gasteiger partial charge on any atom is 0.278 e. The molecule has 1 aliphatic rings. The Balaban J connectivity index is 1.44. The molecule has 8 nitrogen and oxygen atoms in total. The molecule has 4 aromatic rings. The molecule has 0 saturated carbocycles. The summed E-state index contributed by atoms with van der Waals surface area (Å²) in [5.74, 6) is 1.78. The van der Waals surface area contributed by atoms with Crippen molar-refractivity contribution in [1.29, 1.82) is 0 Å². The molecule has 0 aliphatic carbocycles. The zero-order valence-corrected chi connectivity index (χ0v) is 18.2. The third-order valence-corrected chi connectivity index (χ3v) is 5.69. The lowest BCUT2D eigenvalue weighted by molar-refractivity contribution is 0.563. The third-order valence-electron chi connectivity index (χ3n) is 5.69. The van der Waals surface area contributed by atoms with Crippen LogP contribution in [0.25, 0.3) is 11.3 Å². The summed E-state index contributed by atoms with van der Waals surface area (Å²) < 4.78 is 1.63. The first-order valence-electron chi connectivity index (χ1n) is 11.0. The second-order valence-corrected chi connectivity index (χ2v) is 7.90. The molecule has 33 heavy (non-hydrogen) atoms. The number of nitrogens with one attached hydrogen (secondary N) is 1. The molecule has 0 atom stereocenters. The van der Waals surface area contributed by atoms with Gasteiger partial charge >= 0.3 is 0 Å². The van der Waals surface area contributed by atoms with Crippen molar-refractivity contribution in [3.63, 3.8) is 0 Å². The number of nitrogens with zero attached hydrogens (tertiary/aromatic N) is 5. The van der Waals surface area contributed by atoms with E-state index in [9.17, 15) is 4.79 Å². The second-order valence-electron chi connectivity index (χ2n) is 7.90. The molecule has 3 heterocycles. The number of benzene rings is 2. The number of rotatable bonds is 6. The second kappa shape index (κ2) is 9.12. The van der Waals surface area contributed by atoms with E-state index in [1.54, 1.807) is 10.8 Å². The zero-order chi connectivity index (χ0) is 22.6. The summed E-state index contributed by atoms with van der Waals surface area (Å²) in [6.07, 6.45) is 3.39. The number of aromatic nitrogens is 4. The zero-order valence-electron chi connectivity index (χ0n) is 18.2. The molecule has 1 aliphatic heterocycles. The Kier molecular flexibility index (Phi) is 5.72. The van der Waals surface area contributed by atoms with Gasteiger partial charge in [0.1, 0.15) is 17.2 Å². The van der Waals surface area contributed by atoms with Crippen LogP contribution in [0.3, 0.4) is 0 Å². The third kappa shape index (κ3) is 4.27. The Bertz CT molecular complexity index is 1310. The quantitative estimate of drug-likeness (QED) is 0.474. The maximum atomic E-state index is 13.1. The van der Waals surface area contributed by atoms with E-state index in [0.29, 0.717) is 36.5 Å². The van der Waals surface area contributed by atoms with Gasteiger partial charge in [-0.25, -0.2) is 9.97 Å². The first-order chi connectivity index (χ1) is 16.2. The van der Waals surface area contributed by atoms with E-state index in [0.717, 1.165) is 24.9 Å². The van der Waals surface area contributed by atoms with Crippen LogP contribution >= 0.6 is 0 Å². The molecule has 0 bridgehead atoms. The highest BCUT2D eigenvalue weighted by Crippen LogP contribution is 2.30. The molecule has 3 N–H and O–H groups in total. The molecule has 0 unspecified atom stereocenters. The summed E-state index contributed by atoms with van der Waals surface area (Å²) in [5.41, 5.74) is 8.70. The van der Waals surface area contributed by atoms with Gasteiger partial charge in [-0.3, -0.25) is 14.3 Å². The monoisotopic (exact) mass is 439 g/mol. The SMILES string of the molecule is Nc1c(-c2ccccc2)nc2n(c1=O)CCCN2c1ccnc(NCCc2ccccc2)n1. The highest BCUT2D eigenvalue weighted by Gasteiger charge is 2.25. The minimum absolute atomic E-state index is 0.165. The average molecular weight is 440 g/mol. The number of hydrogen-bond donors (Lipinski definition) is 2. The number of nitrogens with two attached hydrogens (primary N) is 1. The van der Waals surface area contributed by atoms with Gasteiger partial charge in [-0.05, 0) is 24.5 Å². The van der Waals surface area contributed by atoms with Crippen LogP contribution in [0.5, 0.6) is 0 Å². The Morgan fingerprint density at radius 2 is 1.70 bits per heavy atom. The number of anilines is 4. The topological polar surface area (TPSA) is 102 Å².